The topological polar surface area (TPSA) is 77.9 Å². The molecule has 0 fully saturated rings. The number of benzene rings is 2. The van der Waals surface area contributed by atoms with E-state index in [0.717, 1.165) is 16.7 Å². The maximum atomic E-state index is 10.5. The number of carbonyl (C=O) groups is 1. The Labute approximate surface area is 144 Å². The molecule has 1 N–H and O–H groups in total. The highest BCUT2D eigenvalue weighted by Crippen LogP contribution is 2.26. The highest BCUT2D eigenvalue weighted by atomic mass is 16.5. The van der Waals surface area contributed by atoms with Crippen LogP contribution in [-0.4, -0.2) is 29.8 Å². The van der Waals surface area contributed by atoms with Crippen molar-refractivity contribution >= 4 is 16.9 Å². The van der Waals surface area contributed by atoms with Gasteiger partial charge in [-0.1, -0.05) is 0 Å². The van der Waals surface area contributed by atoms with Gasteiger partial charge >= 0.3 is 5.97 Å². The largest absolute Gasteiger partial charge is 0.497 e. The zero-order valence-electron chi connectivity index (χ0n) is 13.6. The van der Waals surface area contributed by atoms with E-state index in [1.165, 1.54) is 0 Å². The van der Waals surface area contributed by atoms with Crippen molar-refractivity contribution in [3.8, 4) is 23.1 Å². The number of hydrogen-bond donors (Lipinski definition) is 1. The van der Waals surface area contributed by atoms with Gasteiger partial charge < -0.3 is 19.3 Å². The van der Waals surface area contributed by atoms with Crippen molar-refractivity contribution in [3.63, 3.8) is 0 Å². The maximum absolute atomic E-state index is 10.5. The summed E-state index contributed by atoms with van der Waals surface area (Å²) in [5.41, 5.74) is 0.783. The summed E-state index contributed by atoms with van der Waals surface area (Å²) in [5.74, 6) is 1.52. The zero-order chi connectivity index (χ0) is 17.6. The normalized spacial score (nSPS) is 10.4. The van der Waals surface area contributed by atoms with Crippen molar-refractivity contribution in [2.24, 2.45) is 0 Å². The van der Waals surface area contributed by atoms with Crippen molar-refractivity contribution in [2.75, 3.05) is 13.7 Å². The molecule has 0 aliphatic rings. The molecule has 128 valence electrons. The van der Waals surface area contributed by atoms with Gasteiger partial charge in [-0.25, -0.2) is 4.98 Å². The first-order chi connectivity index (χ1) is 12.1. The number of carboxylic acid groups (broad SMARTS) is 1. The Morgan fingerprint density at radius 2 is 1.68 bits per heavy atom. The number of fused-ring (bicyclic) bond motifs is 1. The highest BCUT2D eigenvalue weighted by molar-refractivity contribution is 5.80. The second kappa shape index (κ2) is 7.53. The quantitative estimate of drug-likeness (QED) is 0.703. The van der Waals surface area contributed by atoms with Gasteiger partial charge in [-0.05, 0) is 42.5 Å². The predicted molar refractivity (Wildman–Crippen MR) is 92.6 cm³/mol. The van der Waals surface area contributed by atoms with Crippen LogP contribution in [-0.2, 0) is 4.79 Å². The van der Waals surface area contributed by atoms with Crippen molar-refractivity contribution < 1.29 is 24.1 Å². The van der Waals surface area contributed by atoms with Crippen LogP contribution >= 0.6 is 0 Å². The van der Waals surface area contributed by atoms with E-state index < -0.39 is 5.97 Å². The first kappa shape index (κ1) is 16.6. The molecule has 0 aliphatic carbocycles. The third kappa shape index (κ3) is 4.38. The van der Waals surface area contributed by atoms with Gasteiger partial charge in [0.25, 0.3) is 0 Å². The lowest BCUT2D eigenvalue weighted by Crippen LogP contribution is -2.04. The molecule has 0 atom stereocenters. The SMILES string of the molecule is COc1ccc2ccc(Oc3ccc(OCCC(=O)O)cc3)nc2c1. The van der Waals surface area contributed by atoms with Crippen LogP contribution in [0.4, 0.5) is 0 Å². The molecule has 1 heterocycles. The number of methoxy groups -OCH3 is 1. The summed E-state index contributed by atoms with van der Waals surface area (Å²) >= 11 is 0. The molecule has 6 heteroatoms. The summed E-state index contributed by atoms with van der Waals surface area (Å²) in [5, 5.41) is 9.59. The van der Waals surface area contributed by atoms with E-state index in [4.69, 9.17) is 19.3 Å². The number of aliphatic carboxylic acids is 1. The minimum absolute atomic E-state index is 0.0390. The van der Waals surface area contributed by atoms with Crippen LogP contribution in [0.15, 0.2) is 54.6 Å². The van der Waals surface area contributed by atoms with E-state index in [0.29, 0.717) is 17.4 Å². The number of aromatic nitrogens is 1. The Morgan fingerprint density at radius 3 is 2.40 bits per heavy atom. The molecule has 3 rings (SSSR count). The highest BCUT2D eigenvalue weighted by Gasteiger charge is 2.04. The summed E-state index contributed by atoms with van der Waals surface area (Å²) in [7, 11) is 1.61. The number of ether oxygens (including phenoxy) is 3. The van der Waals surface area contributed by atoms with Gasteiger partial charge in [-0.15, -0.1) is 0 Å². The number of hydrogen-bond acceptors (Lipinski definition) is 5. The fourth-order valence-corrected chi connectivity index (χ4v) is 2.24. The van der Waals surface area contributed by atoms with E-state index in [-0.39, 0.29) is 13.0 Å². The Kier molecular flexibility index (Phi) is 4.99. The lowest BCUT2D eigenvalue weighted by Gasteiger charge is -2.08. The van der Waals surface area contributed by atoms with Gasteiger partial charge in [0.15, 0.2) is 0 Å². The summed E-state index contributed by atoms with van der Waals surface area (Å²) < 4.78 is 16.3. The molecule has 2 aromatic carbocycles. The van der Waals surface area contributed by atoms with Crippen LogP contribution in [0.3, 0.4) is 0 Å². The standard InChI is InChI=1S/C19H17NO5/c1-23-16-4-2-13-3-9-18(20-17(13)12-16)25-15-7-5-14(6-8-15)24-11-10-19(21)22/h2-9,12H,10-11H2,1H3,(H,21,22). The molecule has 6 nitrogen and oxygen atoms in total. The summed E-state index contributed by atoms with van der Waals surface area (Å²) in [4.78, 5) is 14.9. The Morgan fingerprint density at radius 1 is 1.00 bits per heavy atom. The van der Waals surface area contributed by atoms with E-state index in [1.54, 1.807) is 37.4 Å². The number of pyridine rings is 1. The van der Waals surface area contributed by atoms with Gasteiger partial charge in [0.05, 0.1) is 25.7 Å². The van der Waals surface area contributed by atoms with Crippen molar-refractivity contribution in [1.82, 2.24) is 4.98 Å². The van der Waals surface area contributed by atoms with Crippen LogP contribution < -0.4 is 14.2 Å². The van der Waals surface area contributed by atoms with Crippen molar-refractivity contribution in [3.05, 3.63) is 54.6 Å². The van der Waals surface area contributed by atoms with Crippen LogP contribution in [0.5, 0.6) is 23.1 Å². The lowest BCUT2D eigenvalue weighted by molar-refractivity contribution is -0.137. The minimum atomic E-state index is -0.890. The Hall–Kier alpha value is -3.28. The molecule has 25 heavy (non-hydrogen) atoms. The summed E-state index contributed by atoms with van der Waals surface area (Å²) in [6.45, 7) is 0.129. The molecule has 0 saturated heterocycles. The maximum Gasteiger partial charge on any atom is 0.306 e. The summed E-state index contributed by atoms with van der Waals surface area (Å²) in [6.07, 6.45) is -0.0390. The van der Waals surface area contributed by atoms with Gasteiger partial charge in [0.1, 0.15) is 17.2 Å². The van der Waals surface area contributed by atoms with Crippen LogP contribution in [0, 0.1) is 0 Å². The Bertz CT molecular complexity index is 877. The van der Waals surface area contributed by atoms with E-state index in [2.05, 4.69) is 4.98 Å². The fourth-order valence-electron chi connectivity index (χ4n) is 2.24. The molecular weight excluding hydrogens is 322 g/mol. The molecule has 0 spiro atoms. The first-order valence-corrected chi connectivity index (χ1v) is 7.71. The third-order valence-electron chi connectivity index (χ3n) is 3.50. The van der Waals surface area contributed by atoms with E-state index >= 15 is 0 Å². The van der Waals surface area contributed by atoms with Crippen LogP contribution in [0.2, 0.25) is 0 Å². The monoisotopic (exact) mass is 339 g/mol. The summed E-state index contributed by atoms with van der Waals surface area (Å²) in [6, 6.07) is 16.3. The lowest BCUT2D eigenvalue weighted by atomic mass is 10.2. The number of nitrogens with zero attached hydrogens (tertiary/aromatic N) is 1. The van der Waals surface area contributed by atoms with Crippen LogP contribution in [0.25, 0.3) is 10.9 Å². The second-order valence-corrected chi connectivity index (χ2v) is 5.27. The zero-order valence-corrected chi connectivity index (χ0v) is 13.6. The minimum Gasteiger partial charge on any atom is -0.497 e. The van der Waals surface area contributed by atoms with Gasteiger partial charge in [-0.3, -0.25) is 4.79 Å². The van der Waals surface area contributed by atoms with Gasteiger partial charge in [0.2, 0.25) is 5.88 Å². The number of rotatable bonds is 7. The van der Waals surface area contributed by atoms with Gasteiger partial charge in [0, 0.05) is 17.5 Å². The Balaban J connectivity index is 1.69. The molecule has 0 saturated carbocycles. The molecule has 1 aromatic heterocycles. The molecule has 0 amide bonds. The average Bonchev–Trinajstić information content (AvgIpc) is 2.62. The molecular formula is C19H17NO5. The third-order valence-corrected chi connectivity index (χ3v) is 3.50. The molecule has 0 radical (unpaired) electrons. The molecule has 0 bridgehead atoms. The van der Waals surface area contributed by atoms with Crippen molar-refractivity contribution in [2.45, 2.75) is 6.42 Å². The van der Waals surface area contributed by atoms with Crippen LogP contribution in [0.1, 0.15) is 6.42 Å². The molecule has 3 aromatic rings. The van der Waals surface area contributed by atoms with E-state index in [1.807, 2.05) is 24.3 Å². The first-order valence-electron chi connectivity index (χ1n) is 7.71. The second-order valence-electron chi connectivity index (χ2n) is 5.27. The number of carboxylic acids is 1. The van der Waals surface area contributed by atoms with Gasteiger partial charge in [-0.2, -0.15) is 0 Å². The molecule has 0 unspecified atom stereocenters. The average molecular weight is 339 g/mol. The fraction of sp³-hybridized carbons (Fsp3) is 0.158. The van der Waals surface area contributed by atoms with Crippen molar-refractivity contribution in [1.29, 1.82) is 0 Å². The molecule has 0 aliphatic heterocycles. The predicted octanol–water partition coefficient (Wildman–Crippen LogP) is 3.89. The van der Waals surface area contributed by atoms with E-state index in [9.17, 15) is 4.79 Å². The smallest absolute Gasteiger partial charge is 0.306 e.